The first-order valence-electron chi connectivity index (χ1n) is 7.17. The second kappa shape index (κ2) is 5.71. The molecule has 0 fully saturated rings. The molecule has 1 N–H and O–H groups in total. The van der Waals surface area contributed by atoms with E-state index >= 15 is 0 Å². The molecule has 3 rings (SSSR count). The average molecular weight is 328 g/mol. The van der Waals surface area contributed by atoms with Crippen molar-refractivity contribution in [3.8, 4) is 0 Å². The molecule has 3 heterocycles. The number of hydrogen-bond acceptors (Lipinski definition) is 4. The normalized spacial score (nSPS) is 17.8. The first-order chi connectivity index (χ1) is 10.8. The van der Waals surface area contributed by atoms with Gasteiger partial charge in [0.05, 0.1) is 0 Å². The third-order valence-corrected chi connectivity index (χ3v) is 3.79. The zero-order valence-corrected chi connectivity index (χ0v) is 12.4. The quantitative estimate of drug-likeness (QED) is 0.937. The first kappa shape index (κ1) is 15.6. The number of carbonyl (C=O) groups is 1. The summed E-state index contributed by atoms with van der Waals surface area (Å²) in [6.45, 7) is 2.45. The van der Waals surface area contributed by atoms with E-state index in [2.05, 4.69) is 15.5 Å². The summed E-state index contributed by atoms with van der Waals surface area (Å²) in [5.74, 6) is 0.673. The van der Waals surface area contributed by atoms with Crippen LogP contribution in [0.15, 0.2) is 16.8 Å². The Morgan fingerprint density at radius 3 is 2.96 bits per heavy atom. The van der Waals surface area contributed by atoms with Crippen molar-refractivity contribution in [1.29, 1.82) is 0 Å². The van der Waals surface area contributed by atoms with E-state index in [0.717, 1.165) is 6.20 Å². The average Bonchev–Trinajstić information content (AvgIpc) is 3.09. The van der Waals surface area contributed by atoms with Gasteiger partial charge in [-0.15, -0.1) is 0 Å². The Balaban J connectivity index is 1.59. The zero-order chi connectivity index (χ0) is 16.6. The van der Waals surface area contributed by atoms with E-state index in [1.54, 1.807) is 6.92 Å². The summed E-state index contributed by atoms with van der Waals surface area (Å²) < 4.78 is 44.3. The summed E-state index contributed by atoms with van der Waals surface area (Å²) in [5.41, 5.74) is -0.670. The van der Waals surface area contributed by atoms with Gasteiger partial charge in [-0.25, -0.2) is 4.98 Å². The van der Waals surface area contributed by atoms with Gasteiger partial charge in [-0.05, 0) is 19.3 Å². The lowest BCUT2D eigenvalue weighted by atomic mass is 9.99. The van der Waals surface area contributed by atoms with E-state index in [1.807, 2.05) is 0 Å². The molecule has 2 aromatic rings. The number of imidazole rings is 1. The molecule has 0 aromatic carbocycles. The van der Waals surface area contributed by atoms with Crippen LogP contribution in [-0.4, -0.2) is 27.2 Å². The fourth-order valence-electron chi connectivity index (χ4n) is 2.62. The van der Waals surface area contributed by atoms with E-state index in [-0.39, 0.29) is 17.5 Å². The molecule has 0 aliphatic carbocycles. The molecular weight excluding hydrogens is 313 g/mol. The maximum absolute atomic E-state index is 12.7. The molecule has 1 aliphatic heterocycles. The number of aryl methyl sites for hydroxylation is 2. The molecule has 1 aliphatic rings. The van der Waals surface area contributed by atoms with Crippen LogP contribution in [0.25, 0.3) is 0 Å². The number of alkyl halides is 3. The number of carbonyl (C=O) groups excluding carboxylic acids is 1. The summed E-state index contributed by atoms with van der Waals surface area (Å²) in [4.78, 5) is 15.5. The van der Waals surface area contributed by atoms with Crippen LogP contribution in [0.3, 0.4) is 0 Å². The lowest BCUT2D eigenvalue weighted by molar-refractivity contribution is -0.141. The van der Waals surface area contributed by atoms with Crippen LogP contribution in [0.1, 0.15) is 34.2 Å². The van der Waals surface area contributed by atoms with E-state index in [0.29, 0.717) is 37.5 Å². The van der Waals surface area contributed by atoms with Crippen LogP contribution in [0.4, 0.5) is 13.2 Å². The maximum Gasteiger partial charge on any atom is 0.434 e. The van der Waals surface area contributed by atoms with Gasteiger partial charge in [0, 0.05) is 31.8 Å². The van der Waals surface area contributed by atoms with Gasteiger partial charge in [0.25, 0.3) is 5.91 Å². The van der Waals surface area contributed by atoms with Crippen LogP contribution in [0.5, 0.6) is 0 Å². The molecular formula is C14H15F3N4O2. The predicted molar refractivity (Wildman–Crippen MR) is 72.6 cm³/mol. The largest absolute Gasteiger partial charge is 0.434 e. The first-order valence-corrected chi connectivity index (χ1v) is 7.17. The lowest BCUT2D eigenvalue weighted by Crippen LogP contribution is -2.33. The number of hydrogen-bond donors (Lipinski definition) is 1. The van der Waals surface area contributed by atoms with Gasteiger partial charge >= 0.3 is 6.18 Å². The minimum Gasteiger partial charge on any atom is -0.361 e. The van der Waals surface area contributed by atoms with Crippen molar-refractivity contribution in [3.63, 3.8) is 0 Å². The SMILES string of the molecule is Cc1cc(C(=O)NCC2CCc3nc(C(F)(F)F)cn3C2)no1. The van der Waals surface area contributed by atoms with Crippen molar-refractivity contribution >= 4 is 5.91 Å². The van der Waals surface area contributed by atoms with Crippen molar-refractivity contribution < 1.29 is 22.5 Å². The van der Waals surface area contributed by atoms with Crippen LogP contribution in [-0.2, 0) is 19.1 Å². The molecule has 1 amide bonds. The number of nitrogens with one attached hydrogen (secondary N) is 1. The fourth-order valence-corrected chi connectivity index (χ4v) is 2.62. The van der Waals surface area contributed by atoms with Crippen LogP contribution in [0.2, 0.25) is 0 Å². The molecule has 0 saturated carbocycles. The van der Waals surface area contributed by atoms with Gasteiger partial charge in [-0.3, -0.25) is 4.79 Å². The second-order valence-electron chi connectivity index (χ2n) is 5.63. The molecule has 6 nitrogen and oxygen atoms in total. The molecule has 124 valence electrons. The third kappa shape index (κ3) is 3.38. The molecule has 1 unspecified atom stereocenters. The monoisotopic (exact) mass is 328 g/mol. The van der Waals surface area contributed by atoms with E-state index in [1.165, 1.54) is 10.6 Å². The number of fused-ring (bicyclic) bond motifs is 1. The topological polar surface area (TPSA) is 73.0 Å². The number of halogens is 3. The standard InChI is InChI=1S/C14H15F3N4O2/c1-8-4-10(20-23-8)13(22)18-5-9-2-3-12-19-11(14(15,16)17)7-21(12)6-9/h4,7,9H,2-3,5-6H2,1H3,(H,18,22). The van der Waals surface area contributed by atoms with E-state index in [4.69, 9.17) is 4.52 Å². The molecule has 9 heteroatoms. The van der Waals surface area contributed by atoms with E-state index in [9.17, 15) is 18.0 Å². The van der Waals surface area contributed by atoms with Crippen molar-refractivity contribution in [1.82, 2.24) is 20.0 Å². The van der Waals surface area contributed by atoms with Gasteiger partial charge in [-0.2, -0.15) is 13.2 Å². The predicted octanol–water partition coefficient (Wildman–Crippen LogP) is 2.19. The van der Waals surface area contributed by atoms with Gasteiger partial charge < -0.3 is 14.4 Å². The summed E-state index contributed by atoms with van der Waals surface area (Å²) in [5, 5.41) is 6.35. The van der Waals surface area contributed by atoms with Crippen molar-refractivity contribution in [2.24, 2.45) is 5.92 Å². The molecule has 0 radical (unpaired) electrons. The number of aromatic nitrogens is 3. The molecule has 23 heavy (non-hydrogen) atoms. The summed E-state index contributed by atoms with van der Waals surface area (Å²) in [6.07, 6.45) is -2.27. The van der Waals surface area contributed by atoms with Crippen LogP contribution >= 0.6 is 0 Å². The highest BCUT2D eigenvalue weighted by atomic mass is 19.4. The highest BCUT2D eigenvalue weighted by Gasteiger charge is 2.35. The van der Waals surface area contributed by atoms with Crippen molar-refractivity contribution in [2.45, 2.75) is 32.5 Å². The van der Waals surface area contributed by atoms with Crippen molar-refractivity contribution in [2.75, 3.05) is 6.54 Å². The van der Waals surface area contributed by atoms with Gasteiger partial charge in [0.2, 0.25) is 0 Å². The van der Waals surface area contributed by atoms with Gasteiger partial charge in [0.15, 0.2) is 11.4 Å². The van der Waals surface area contributed by atoms with Gasteiger partial charge in [0.1, 0.15) is 11.6 Å². The molecule has 0 spiro atoms. The number of nitrogens with zero attached hydrogens (tertiary/aromatic N) is 3. The summed E-state index contributed by atoms with van der Waals surface area (Å²) >= 11 is 0. The Morgan fingerprint density at radius 2 is 2.30 bits per heavy atom. The smallest absolute Gasteiger partial charge is 0.361 e. The lowest BCUT2D eigenvalue weighted by Gasteiger charge is -2.23. The van der Waals surface area contributed by atoms with Crippen LogP contribution < -0.4 is 5.32 Å². The van der Waals surface area contributed by atoms with Crippen molar-refractivity contribution in [3.05, 3.63) is 35.2 Å². The molecule has 0 bridgehead atoms. The Labute approximate surface area is 129 Å². The maximum atomic E-state index is 12.7. The third-order valence-electron chi connectivity index (χ3n) is 3.79. The Morgan fingerprint density at radius 1 is 1.52 bits per heavy atom. The Kier molecular flexibility index (Phi) is 3.87. The zero-order valence-electron chi connectivity index (χ0n) is 12.4. The fraction of sp³-hybridized carbons (Fsp3) is 0.500. The Bertz CT molecular complexity index is 720. The molecule has 0 saturated heterocycles. The van der Waals surface area contributed by atoms with E-state index < -0.39 is 11.9 Å². The minimum absolute atomic E-state index is 0.0507. The highest BCUT2D eigenvalue weighted by molar-refractivity contribution is 5.92. The second-order valence-corrected chi connectivity index (χ2v) is 5.63. The van der Waals surface area contributed by atoms with Gasteiger partial charge in [-0.1, -0.05) is 5.16 Å². The van der Waals surface area contributed by atoms with Crippen LogP contribution in [0, 0.1) is 12.8 Å². The summed E-state index contributed by atoms with van der Waals surface area (Å²) in [6, 6.07) is 1.53. The Hall–Kier alpha value is -2.32. The molecule has 2 aromatic heterocycles. The number of amides is 1. The number of rotatable bonds is 3. The summed E-state index contributed by atoms with van der Waals surface area (Å²) in [7, 11) is 0. The highest BCUT2D eigenvalue weighted by Crippen LogP contribution is 2.30. The molecule has 1 atom stereocenters. The minimum atomic E-state index is -4.43.